The van der Waals surface area contributed by atoms with Gasteiger partial charge in [0.05, 0.1) is 30.2 Å². The Hall–Kier alpha value is -2.81. The number of hydrogen-bond donors (Lipinski definition) is 3. The van der Waals surface area contributed by atoms with E-state index < -0.39 is 59.6 Å². The first kappa shape index (κ1) is 20.1. The number of phenols is 1. The Morgan fingerprint density at radius 3 is 2.52 bits per heavy atom. The molecule has 3 aliphatic rings. The van der Waals surface area contributed by atoms with Gasteiger partial charge in [-0.15, -0.1) is 0 Å². The van der Waals surface area contributed by atoms with Crippen LogP contribution in [0.2, 0.25) is 0 Å². The van der Waals surface area contributed by atoms with Crippen molar-refractivity contribution in [3.8, 4) is 5.75 Å². The number of aliphatic hydroxyl groups is 2. The molecule has 5 rings (SSSR count). The van der Waals surface area contributed by atoms with Crippen LogP contribution in [-0.4, -0.2) is 39.5 Å². The van der Waals surface area contributed by atoms with E-state index in [1.54, 1.807) is 30.3 Å². The molecule has 31 heavy (non-hydrogen) atoms. The van der Waals surface area contributed by atoms with E-state index in [1.807, 2.05) is 0 Å². The molecule has 0 bridgehead atoms. The SMILES string of the molecule is O=C1[C@H]2[C@H](C[C@H](CO)[C@@]3(O)O[C@H](c4ccc(O)c(F)c4)C[C@@H]23)C(=O)N1c1ccccc1. The van der Waals surface area contributed by atoms with Gasteiger partial charge in [-0.2, -0.15) is 0 Å². The molecule has 2 amide bonds. The molecule has 3 N–H and O–H groups in total. The van der Waals surface area contributed by atoms with E-state index in [0.29, 0.717) is 11.3 Å². The summed E-state index contributed by atoms with van der Waals surface area (Å²) in [6, 6.07) is 12.4. The number of fused-ring (bicyclic) bond motifs is 3. The Bertz CT molecular complexity index is 1050. The number of carbonyl (C=O) groups excluding carboxylic acids is 2. The number of phenolic OH excluding ortho intramolecular Hbond substituents is 1. The van der Waals surface area contributed by atoms with Gasteiger partial charge in [0.25, 0.3) is 0 Å². The molecule has 7 nitrogen and oxygen atoms in total. The van der Waals surface area contributed by atoms with Crippen LogP contribution < -0.4 is 4.90 Å². The lowest BCUT2D eigenvalue weighted by Crippen LogP contribution is -2.54. The summed E-state index contributed by atoms with van der Waals surface area (Å²) in [7, 11) is 0. The highest BCUT2D eigenvalue weighted by atomic mass is 19.1. The molecule has 2 aromatic carbocycles. The number of nitrogens with zero attached hydrogens (tertiary/aromatic N) is 1. The normalized spacial score (nSPS) is 34.7. The molecule has 2 saturated heterocycles. The van der Waals surface area contributed by atoms with Crippen molar-refractivity contribution in [3.63, 3.8) is 0 Å². The molecule has 1 aliphatic carbocycles. The molecule has 3 fully saturated rings. The number of para-hydroxylation sites is 1. The number of aliphatic hydroxyl groups excluding tert-OH is 1. The van der Waals surface area contributed by atoms with Crippen LogP contribution in [0.25, 0.3) is 0 Å². The molecule has 2 aromatic rings. The van der Waals surface area contributed by atoms with Crippen LogP contribution in [-0.2, 0) is 14.3 Å². The third kappa shape index (κ3) is 2.90. The lowest BCUT2D eigenvalue weighted by Gasteiger charge is -2.44. The molecule has 1 saturated carbocycles. The number of ether oxygens (including phenoxy) is 1. The number of aromatic hydroxyl groups is 1. The number of halogens is 1. The van der Waals surface area contributed by atoms with E-state index >= 15 is 0 Å². The van der Waals surface area contributed by atoms with Crippen LogP contribution in [0.3, 0.4) is 0 Å². The van der Waals surface area contributed by atoms with Gasteiger partial charge in [-0.3, -0.25) is 14.5 Å². The maximum atomic E-state index is 13.9. The minimum atomic E-state index is -1.82. The zero-order valence-electron chi connectivity index (χ0n) is 16.5. The Kier molecular flexibility index (Phi) is 4.62. The smallest absolute Gasteiger partial charge is 0.238 e. The van der Waals surface area contributed by atoms with Crippen LogP contribution in [0.15, 0.2) is 48.5 Å². The van der Waals surface area contributed by atoms with Crippen LogP contribution in [0, 0.1) is 29.5 Å². The zero-order chi connectivity index (χ0) is 21.9. The van der Waals surface area contributed by atoms with Crippen LogP contribution in [0.1, 0.15) is 24.5 Å². The lowest BCUT2D eigenvalue weighted by atomic mass is 9.64. The topological polar surface area (TPSA) is 107 Å². The molecule has 0 aromatic heterocycles. The Labute approximate surface area is 177 Å². The average Bonchev–Trinajstić information content (AvgIpc) is 3.24. The summed E-state index contributed by atoms with van der Waals surface area (Å²) < 4.78 is 19.8. The first-order valence-corrected chi connectivity index (χ1v) is 10.3. The second-order valence-corrected chi connectivity index (χ2v) is 8.51. The van der Waals surface area contributed by atoms with Crippen LogP contribution in [0.5, 0.6) is 5.75 Å². The molecule has 8 heteroatoms. The van der Waals surface area contributed by atoms with Gasteiger partial charge in [0.2, 0.25) is 11.8 Å². The largest absolute Gasteiger partial charge is 0.505 e. The summed E-state index contributed by atoms with van der Waals surface area (Å²) >= 11 is 0. The summed E-state index contributed by atoms with van der Waals surface area (Å²) in [6.45, 7) is -0.417. The number of imide groups is 1. The number of hydrogen-bond acceptors (Lipinski definition) is 6. The van der Waals surface area contributed by atoms with Crippen molar-refractivity contribution in [1.29, 1.82) is 0 Å². The fourth-order valence-electron chi connectivity index (χ4n) is 5.45. The number of benzene rings is 2. The Morgan fingerprint density at radius 2 is 1.84 bits per heavy atom. The summed E-state index contributed by atoms with van der Waals surface area (Å²) in [6.07, 6.45) is -0.453. The highest BCUT2D eigenvalue weighted by Gasteiger charge is 2.66. The van der Waals surface area contributed by atoms with Crippen molar-refractivity contribution >= 4 is 17.5 Å². The van der Waals surface area contributed by atoms with E-state index in [-0.39, 0.29) is 18.7 Å². The highest BCUT2D eigenvalue weighted by Crippen LogP contribution is 2.58. The number of anilines is 1. The van der Waals surface area contributed by atoms with Crippen LogP contribution in [0.4, 0.5) is 10.1 Å². The molecular formula is C23H22FNO6. The van der Waals surface area contributed by atoms with Gasteiger partial charge in [0, 0.05) is 11.8 Å². The maximum Gasteiger partial charge on any atom is 0.238 e. The van der Waals surface area contributed by atoms with Gasteiger partial charge in [-0.1, -0.05) is 24.3 Å². The number of carbonyl (C=O) groups is 2. The van der Waals surface area contributed by atoms with Gasteiger partial charge < -0.3 is 20.1 Å². The Balaban J connectivity index is 1.52. The standard InChI is InChI=1S/C23H22FNO6/c24-17-8-12(6-7-18(17)27)19-10-16-20-15(9-13(11-26)23(16,30)31-19)21(28)25(22(20)29)14-4-2-1-3-5-14/h1-8,13,15-16,19-20,26-27,30H,9-11H2/t13-,15+,16+,19+,20+,23-/m1/s1. The fourth-order valence-corrected chi connectivity index (χ4v) is 5.45. The van der Waals surface area contributed by atoms with Gasteiger partial charge in [0.1, 0.15) is 0 Å². The van der Waals surface area contributed by atoms with E-state index in [9.17, 15) is 29.3 Å². The third-order valence-electron chi connectivity index (χ3n) is 6.94. The summed E-state index contributed by atoms with van der Waals surface area (Å²) in [5, 5.41) is 30.8. The van der Waals surface area contributed by atoms with Gasteiger partial charge in [-0.25, -0.2) is 4.39 Å². The number of rotatable bonds is 3. The van der Waals surface area contributed by atoms with Crippen molar-refractivity contribution in [2.45, 2.75) is 24.7 Å². The van der Waals surface area contributed by atoms with Gasteiger partial charge >= 0.3 is 0 Å². The van der Waals surface area contributed by atoms with E-state index in [2.05, 4.69) is 0 Å². The highest BCUT2D eigenvalue weighted by molar-refractivity contribution is 6.22. The molecular weight excluding hydrogens is 405 g/mol. The third-order valence-corrected chi connectivity index (χ3v) is 6.94. The second kappa shape index (κ2) is 7.12. The minimum absolute atomic E-state index is 0.110. The van der Waals surface area contributed by atoms with Crippen molar-refractivity contribution < 1.29 is 34.0 Å². The predicted octanol–water partition coefficient (Wildman–Crippen LogP) is 2.12. The van der Waals surface area contributed by atoms with Crippen LogP contribution >= 0.6 is 0 Å². The quantitative estimate of drug-likeness (QED) is 0.648. The van der Waals surface area contributed by atoms with Crippen molar-refractivity contribution in [2.24, 2.45) is 23.7 Å². The lowest BCUT2D eigenvalue weighted by molar-refractivity contribution is -0.274. The van der Waals surface area contributed by atoms with Crippen molar-refractivity contribution in [3.05, 3.63) is 59.9 Å². The molecule has 2 aliphatic heterocycles. The zero-order valence-corrected chi connectivity index (χ0v) is 16.5. The van der Waals surface area contributed by atoms with E-state index in [4.69, 9.17) is 4.74 Å². The molecule has 0 radical (unpaired) electrons. The first-order valence-electron chi connectivity index (χ1n) is 10.3. The second-order valence-electron chi connectivity index (χ2n) is 8.51. The summed E-state index contributed by atoms with van der Waals surface area (Å²) in [5.41, 5.74) is 0.870. The number of amides is 2. The van der Waals surface area contributed by atoms with E-state index in [1.165, 1.54) is 12.1 Å². The van der Waals surface area contributed by atoms with Crippen molar-refractivity contribution in [2.75, 3.05) is 11.5 Å². The van der Waals surface area contributed by atoms with Gasteiger partial charge in [0.15, 0.2) is 17.4 Å². The molecule has 162 valence electrons. The first-order chi connectivity index (χ1) is 14.8. The Morgan fingerprint density at radius 1 is 1.10 bits per heavy atom. The molecule has 0 unspecified atom stereocenters. The predicted molar refractivity (Wildman–Crippen MR) is 106 cm³/mol. The molecule has 0 spiro atoms. The molecule has 6 atom stereocenters. The average molecular weight is 427 g/mol. The van der Waals surface area contributed by atoms with E-state index in [0.717, 1.165) is 11.0 Å². The fraction of sp³-hybridized carbons (Fsp3) is 0.391. The summed E-state index contributed by atoms with van der Waals surface area (Å²) in [4.78, 5) is 27.7. The minimum Gasteiger partial charge on any atom is -0.505 e. The monoisotopic (exact) mass is 427 g/mol. The van der Waals surface area contributed by atoms with Crippen molar-refractivity contribution in [1.82, 2.24) is 0 Å². The van der Waals surface area contributed by atoms with Gasteiger partial charge in [-0.05, 0) is 42.7 Å². The summed E-state index contributed by atoms with van der Waals surface area (Å²) in [5.74, 6) is -6.86. The molecule has 2 heterocycles. The maximum absolute atomic E-state index is 13.9.